The zero-order chi connectivity index (χ0) is 24.7. The highest BCUT2D eigenvalue weighted by molar-refractivity contribution is 7.89. The Hall–Kier alpha value is -3.84. The van der Waals surface area contributed by atoms with Crippen LogP contribution in [0.3, 0.4) is 0 Å². The normalized spacial score (nSPS) is 11.1. The third kappa shape index (κ3) is 5.94. The minimum Gasteiger partial charge on any atom is -0.326 e. The summed E-state index contributed by atoms with van der Waals surface area (Å²) in [5.41, 5.74) is 1.51. The number of anilines is 2. The third-order valence-corrected chi connectivity index (χ3v) is 7.48. The van der Waals surface area contributed by atoms with Gasteiger partial charge in [-0.1, -0.05) is 11.3 Å². The fourth-order valence-corrected chi connectivity index (χ4v) is 5.40. The average molecular weight is 497 g/mol. The number of hydrogen-bond acceptors (Lipinski definition) is 8. The molecule has 1 aromatic heterocycles. The molecule has 3 aromatic rings. The molecule has 2 amide bonds. The number of nitrogens with zero attached hydrogens (tertiary/aromatic N) is 4. The minimum absolute atomic E-state index is 0.000374. The molecule has 3 rings (SSSR count). The Balaban J connectivity index is 1.75. The number of amides is 2. The van der Waals surface area contributed by atoms with Gasteiger partial charge >= 0.3 is 0 Å². The number of benzene rings is 2. The fraction of sp³-hybridized carbons (Fsp3) is 0.227. The molecule has 0 aliphatic heterocycles. The summed E-state index contributed by atoms with van der Waals surface area (Å²) in [5, 5.41) is 23.3. The molecule has 2 aromatic carbocycles. The second-order valence-electron chi connectivity index (χ2n) is 7.08. The smallest absolute Gasteiger partial charge is 0.257 e. The summed E-state index contributed by atoms with van der Waals surface area (Å²) in [6, 6.07) is 14.4. The average Bonchev–Trinajstić information content (AvgIpc) is 3.20. The van der Waals surface area contributed by atoms with Gasteiger partial charge in [0.2, 0.25) is 15.9 Å². The Labute approximate surface area is 200 Å². The van der Waals surface area contributed by atoms with Crippen LogP contribution < -0.4 is 10.6 Å². The van der Waals surface area contributed by atoms with Gasteiger partial charge < -0.3 is 5.32 Å². The van der Waals surface area contributed by atoms with E-state index >= 15 is 0 Å². The molecule has 0 aliphatic rings. The highest BCUT2D eigenvalue weighted by Crippen LogP contribution is 2.29. The summed E-state index contributed by atoms with van der Waals surface area (Å²) >= 11 is 1.24. The lowest BCUT2D eigenvalue weighted by Crippen LogP contribution is -2.32. The van der Waals surface area contributed by atoms with Crippen LogP contribution >= 0.6 is 11.3 Å². The van der Waals surface area contributed by atoms with Crippen molar-refractivity contribution in [2.75, 3.05) is 23.7 Å². The van der Waals surface area contributed by atoms with Gasteiger partial charge in [-0.15, -0.1) is 0 Å². The first kappa shape index (κ1) is 24.8. The monoisotopic (exact) mass is 496 g/mol. The number of carbonyl (C=O) groups is 2. The van der Waals surface area contributed by atoms with Gasteiger partial charge in [0.15, 0.2) is 5.13 Å². The number of rotatable bonds is 9. The van der Waals surface area contributed by atoms with Crippen molar-refractivity contribution in [3.05, 3.63) is 48.0 Å². The molecule has 0 saturated heterocycles. The highest BCUT2D eigenvalue weighted by atomic mass is 32.2. The van der Waals surface area contributed by atoms with E-state index < -0.39 is 15.9 Å². The fourth-order valence-electron chi connectivity index (χ4n) is 3.06. The van der Waals surface area contributed by atoms with Crippen molar-refractivity contribution < 1.29 is 18.0 Å². The van der Waals surface area contributed by atoms with E-state index in [1.807, 2.05) is 12.1 Å². The molecule has 0 saturated carbocycles. The highest BCUT2D eigenvalue weighted by Gasteiger charge is 2.24. The van der Waals surface area contributed by atoms with Crippen LogP contribution in [0.4, 0.5) is 10.8 Å². The molecule has 0 unspecified atom stereocenters. The van der Waals surface area contributed by atoms with E-state index in [0.717, 1.165) is 9.01 Å². The van der Waals surface area contributed by atoms with Gasteiger partial charge in [-0.2, -0.15) is 14.8 Å². The molecule has 34 heavy (non-hydrogen) atoms. The van der Waals surface area contributed by atoms with Crippen LogP contribution in [-0.4, -0.2) is 42.6 Å². The summed E-state index contributed by atoms with van der Waals surface area (Å²) < 4.78 is 27.6. The van der Waals surface area contributed by atoms with E-state index in [4.69, 9.17) is 10.5 Å². The number of hydrogen-bond donors (Lipinski definition) is 2. The number of fused-ring (bicyclic) bond motifs is 1. The molecule has 174 valence electrons. The van der Waals surface area contributed by atoms with Gasteiger partial charge in [-0.25, -0.2) is 13.4 Å². The van der Waals surface area contributed by atoms with E-state index in [2.05, 4.69) is 15.6 Å². The van der Waals surface area contributed by atoms with Crippen molar-refractivity contribution >= 4 is 54.2 Å². The van der Waals surface area contributed by atoms with Gasteiger partial charge in [0.1, 0.15) is 0 Å². The summed E-state index contributed by atoms with van der Waals surface area (Å²) in [6.07, 6.45) is -0.000748. The van der Waals surface area contributed by atoms with Crippen molar-refractivity contribution in [3.63, 3.8) is 0 Å². The van der Waals surface area contributed by atoms with Crippen molar-refractivity contribution in [2.45, 2.75) is 24.7 Å². The van der Waals surface area contributed by atoms with E-state index in [-0.39, 0.29) is 42.3 Å². The van der Waals surface area contributed by atoms with Crippen LogP contribution in [0, 0.1) is 22.7 Å². The number of nitriles is 2. The molecule has 12 heteroatoms. The summed E-state index contributed by atoms with van der Waals surface area (Å²) in [6.45, 7) is 1.36. The van der Waals surface area contributed by atoms with Crippen LogP contribution in [0.25, 0.3) is 10.2 Å². The lowest BCUT2D eigenvalue weighted by molar-refractivity contribution is -0.114. The summed E-state index contributed by atoms with van der Waals surface area (Å²) in [7, 11) is -3.92. The SMILES string of the molecule is CC(=O)Nc1ccc2nc(NC(=O)c3ccc(S(=O)(=O)N(CCC#N)CCC#N)cc3)sc2c1. The zero-order valence-corrected chi connectivity index (χ0v) is 19.7. The Morgan fingerprint density at radius 3 is 2.26 bits per heavy atom. The Morgan fingerprint density at radius 1 is 1.03 bits per heavy atom. The zero-order valence-electron chi connectivity index (χ0n) is 18.1. The lowest BCUT2D eigenvalue weighted by Gasteiger charge is -2.20. The van der Waals surface area contributed by atoms with Gasteiger partial charge in [0, 0.05) is 44.1 Å². The number of sulfonamides is 1. The second-order valence-corrected chi connectivity index (χ2v) is 10.1. The molecular weight excluding hydrogens is 476 g/mol. The second kappa shape index (κ2) is 10.9. The van der Waals surface area contributed by atoms with Gasteiger partial charge in [-0.3, -0.25) is 14.9 Å². The van der Waals surface area contributed by atoms with Crippen LogP contribution in [0.1, 0.15) is 30.1 Å². The Bertz CT molecular complexity index is 1380. The van der Waals surface area contributed by atoms with Crippen LogP contribution in [0.2, 0.25) is 0 Å². The predicted molar refractivity (Wildman–Crippen MR) is 128 cm³/mol. The number of thiazole rings is 1. The van der Waals surface area contributed by atoms with E-state index in [1.54, 1.807) is 18.2 Å². The lowest BCUT2D eigenvalue weighted by atomic mass is 10.2. The topological polar surface area (TPSA) is 156 Å². The van der Waals surface area contributed by atoms with E-state index in [0.29, 0.717) is 16.3 Å². The Morgan fingerprint density at radius 2 is 1.68 bits per heavy atom. The molecular formula is C22H20N6O4S2. The predicted octanol–water partition coefficient (Wildman–Crippen LogP) is 3.33. The third-order valence-electron chi connectivity index (χ3n) is 4.63. The quantitative estimate of drug-likeness (QED) is 0.460. The summed E-state index contributed by atoms with van der Waals surface area (Å²) in [4.78, 5) is 28.2. The minimum atomic E-state index is -3.92. The largest absolute Gasteiger partial charge is 0.326 e. The first-order chi connectivity index (χ1) is 16.2. The molecule has 0 aliphatic carbocycles. The van der Waals surface area contributed by atoms with E-state index in [9.17, 15) is 18.0 Å². The van der Waals surface area contributed by atoms with Crippen LogP contribution in [0.5, 0.6) is 0 Å². The maximum atomic E-state index is 12.9. The van der Waals surface area contributed by atoms with Crippen LogP contribution in [-0.2, 0) is 14.8 Å². The molecule has 0 atom stereocenters. The first-order valence-corrected chi connectivity index (χ1v) is 12.3. The summed E-state index contributed by atoms with van der Waals surface area (Å²) in [5.74, 6) is -0.656. The Kier molecular flexibility index (Phi) is 7.91. The molecule has 2 N–H and O–H groups in total. The first-order valence-electron chi connectivity index (χ1n) is 10.1. The van der Waals surface area contributed by atoms with Crippen molar-refractivity contribution in [3.8, 4) is 12.1 Å². The van der Waals surface area contributed by atoms with Gasteiger partial charge in [0.25, 0.3) is 5.91 Å². The van der Waals surface area contributed by atoms with Crippen molar-refractivity contribution in [1.82, 2.24) is 9.29 Å². The molecule has 1 heterocycles. The molecule has 0 bridgehead atoms. The molecule has 0 radical (unpaired) electrons. The van der Waals surface area contributed by atoms with Gasteiger partial charge in [-0.05, 0) is 42.5 Å². The van der Waals surface area contributed by atoms with Gasteiger partial charge in [0.05, 0.1) is 27.3 Å². The number of aromatic nitrogens is 1. The van der Waals surface area contributed by atoms with Crippen molar-refractivity contribution in [1.29, 1.82) is 10.5 Å². The standard InChI is InChI=1S/C22H20N6O4S2/c1-15(29)25-17-6-9-19-20(14-17)33-22(26-19)27-21(30)16-4-7-18(8-5-16)34(31,32)28(12-2-10-23)13-3-11-24/h4-9,14H,2-3,12-13H2,1H3,(H,25,29)(H,26,27,30). The van der Waals surface area contributed by atoms with E-state index in [1.165, 1.54) is 42.5 Å². The molecule has 0 spiro atoms. The van der Waals surface area contributed by atoms with Crippen LogP contribution in [0.15, 0.2) is 47.4 Å². The maximum absolute atomic E-state index is 12.9. The number of carbonyl (C=O) groups excluding carboxylic acids is 2. The number of nitrogens with one attached hydrogen (secondary N) is 2. The molecule has 0 fully saturated rings. The molecule has 10 nitrogen and oxygen atoms in total. The van der Waals surface area contributed by atoms with Crippen molar-refractivity contribution in [2.24, 2.45) is 0 Å². The maximum Gasteiger partial charge on any atom is 0.257 e.